The largest absolute Gasteiger partial charge is 0.251 e. The standard InChI is InChI=1S/C23H21BrN2/c1-15(2)11-23-21(14-25)20(17-9-7-16(3)8-10-17)13-22(26-23)18-5-4-6-19(24)12-18/h4-10,12-13,15H,11H2,1-3H3. The summed E-state index contributed by atoms with van der Waals surface area (Å²) in [6, 6.07) is 20.9. The third kappa shape index (κ3) is 4.03. The van der Waals surface area contributed by atoms with E-state index in [0.717, 1.165) is 39.0 Å². The summed E-state index contributed by atoms with van der Waals surface area (Å²) in [7, 11) is 0. The molecule has 0 amide bonds. The van der Waals surface area contributed by atoms with E-state index in [9.17, 15) is 5.26 Å². The summed E-state index contributed by atoms with van der Waals surface area (Å²) in [6.07, 6.45) is 0.781. The second kappa shape index (κ2) is 7.85. The van der Waals surface area contributed by atoms with Crippen LogP contribution in [0.2, 0.25) is 0 Å². The highest BCUT2D eigenvalue weighted by Gasteiger charge is 2.16. The Hall–Kier alpha value is -2.44. The number of aromatic nitrogens is 1. The van der Waals surface area contributed by atoms with Crippen LogP contribution in [0.1, 0.15) is 30.7 Å². The predicted octanol–water partition coefficient (Wildman–Crippen LogP) is 6.56. The molecule has 0 radical (unpaired) electrons. The van der Waals surface area contributed by atoms with E-state index in [1.807, 2.05) is 18.2 Å². The van der Waals surface area contributed by atoms with Gasteiger partial charge in [-0.1, -0.05) is 71.7 Å². The maximum Gasteiger partial charge on any atom is 0.102 e. The first kappa shape index (κ1) is 18.4. The molecule has 0 fully saturated rings. The highest BCUT2D eigenvalue weighted by molar-refractivity contribution is 9.10. The van der Waals surface area contributed by atoms with Crippen molar-refractivity contribution in [2.45, 2.75) is 27.2 Å². The zero-order valence-corrected chi connectivity index (χ0v) is 16.8. The molecule has 26 heavy (non-hydrogen) atoms. The summed E-state index contributed by atoms with van der Waals surface area (Å²) >= 11 is 3.54. The third-order valence-electron chi connectivity index (χ3n) is 4.29. The Morgan fingerprint density at radius 3 is 2.38 bits per heavy atom. The third-order valence-corrected chi connectivity index (χ3v) is 4.78. The number of rotatable bonds is 4. The van der Waals surface area contributed by atoms with Crippen molar-refractivity contribution in [3.8, 4) is 28.5 Å². The van der Waals surface area contributed by atoms with Crippen molar-refractivity contribution < 1.29 is 0 Å². The van der Waals surface area contributed by atoms with E-state index in [1.165, 1.54) is 5.56 Å². The monoisotopic (exact) mass is 404 g/mol. The van der Waals surface area contributed by atoms with Crippen molar-refractivity contribution in [1.29, 1.82) is 5.26 Å². The molecule has 0 atom stereocenters. The van der Waals surface area contributed by atoms with Crippen molar-refractivity contribution in [3.63, 3.8) is 0 Å². The van der Waals surface area contributed by atoms with Gasteiger partial charge in [0.2, 0.25) is 0 Å². The van der Waals surface area contributed by atoms with E-state index in [2.05, 4.69) is 79.2 Å². The van der Waals surface area contributed by atoms with Crippen LogP contribution in [0.3, 0.4) is 0 Å². The lowest BCUT2D eigenvalue weighted by molar-refractivity contribution is 0.635. The van der Waals surface area contributed by atoms with Gasteiger partial charge in [-0.15, -0.1) is 0 Å². The number of benzene rings is 2. The minimum atomic E-state index is 0.429. The summed E-state index contributed by atoms with van der Waals surface area (Å²) in [4.78, 5) is 4.86. The molecule has 1 aromatic heterocycles. The first-order valence-corrected chi connectivity index (χ1v) is 9.54. The number of hydrogen-bond donors (Lipinski definition) is 0. The molecule has 0 aliphatic carbocycles. The van der Waals surface area contributed by atoms with Crippen LogP contribution in [0, 0.1) is 24.2 Å². The van der Waals surface area contributed by atoms with E-state index in [1.54, 1.807) is 0 Å². The van der Waals surface area contributed by atoms with Crippen molar-refractivity contribution in [3.05, 3.63) is 75.9 Å². The van der Waals surface area contributed by atoms with Gasteiger partial charge in [-0.2, -0.15) is 5.26 Å². The first-order chi connectivity index (χ1) is 12.5. The summed E-state index contributed by atoms with van der Waals surface area (Å²) in [5, 5.41) is 9.84. The molecular formula is C23H21BrN2. The fourth-order valence-corrected chi connectivity index (χ4v) is 3.41. The molecule has 0 bridgehead atoms. The summed E-state index contributed by atoms with van der Waals surface area (Å²) in [5.74, 6) is 0.429. The number of nitriles is 1. The average molecular weight is 405 g/mol. The summed E-state index contributed by atoms with van der Waals surface area (Å²) in [6.45, 7) is 6.37. The molecule has 1 heterocycles. The van der Waals surface area contributed by atoms with Gasteiger partial charge >= 0.3 is 0 Å². The molecule has 0 saturated heterocycles. The van der Waals surface area contributed by atoms with Crippen molar-refractivity contribution in [1.82, 2.24) is 4.98 Å². The maximum absolute atomic E-state index is 9.84. The zero-order valence-electron chi connectivity index (χ0n) is 15.3. The van der Waals surface area contributed by atoms with Gasteiger partial charge in [0.25, 0.3) is 0 Å². The van der Waals surface area contributed by atoms with Gasteiger partial charge in [0, 0.05) is 15.6 Å². The quantitative estimate of drug-likeness (QED) is 0.493. The molecule has 0 N–H and O–H groups in total. The topological polar surface area (TPSA) is 36.7 Å². The molecule has 0 saturated carbocycles. The Morgan fingerprint density at radius 2 is 1.77 bits per heavy atom. The SMILES string of the molecule is Cc1ccc(-c2cc(-c3cccc(Br)c3)nc(CC(C)C)c2C#N)cc1. The smallest absolute Gasteiger partial charge is 0.102 e. The second-order valence-corrected chi connectivity index (χ2v) is 7.88. The Balaban J connectivity index is 2.25. The van der Waals surface area contributed by atoms with Crippen LogP contribution in [0.4, 0.5) is 0 Å². The predicted molar refractivity (Wildman–Crippen MR) is 111 cm³/mol. The van der Waals surface area contributed by atoms with Crippen molar-refractivity contribution in [2.75, 3.05) is 0 Å². The highest BCUT2D eigenvalue weighted by atomic mass is 79.9. The number of pyridine rings is 1. The second-order valence-electron chi connectivity index (χ2n) is 6.96. The van der Waals surface area contributed by atoms with Crippen molar-refractivity contribution in [2.24, 2.45) is 5.92 Å². The van der Waals surface area contributed by atoms with Gasteiger partial charge in [0.15, 0.2) is 0 Å². The molecule has 3 aromatic rings. The van der Waals surface area contributed by atoms with Gasteiger partial charge in [-0.25, -0.2) is 0 Å². The lowest BCUT2D eigenvalue weighted by Gasteiger charge is -2.14. The lowest BCUT2D eigenvalue weighted by atomic mass is 9.93. The minimum Gasteiger partial charge on any atom is -0.251 e. The molecule has 0 aliphatic heterocycles. The Morgan fingerprint density at radius 1 is 1.04 bits per heavy atom. The van der Waals surface area contributed by atoms with E-state index in [-0.39, 0.29) is 0 Å². The van der Waals surface area contributed by atoms with Gasteiger partial charge in [-0.05, 0) is 43.0 Å². The zero-order chi connectivity index (χ0) is 18.7. The Bertz CT molecular complexity index is 966. The minimum absolute atomic E-state index is 0.429. The lowest BCUT2D eigenvalue weighted by Crippen LogP contribution is -2.04. The fraction of sp³-hybridized carbons (Fsp3) is 0.217. The summed E-state index contributed by atoms with van der Waals surface area (Å²) in [5.41, 5.74) is 6.70. The van der Waals surface area contributed by atoms with Crippen LogP contribution in [-0.4, -0.2) is 4.98 Å². The van der Waals surface area contributed by atoms with E-state index >= 15 is 0 Å². The molecule has 2 aromatic carbocycles. The van der Waals surface area contributed by atoms with Crippen LogP contribution in [0.5, 0.6) is 0 Å². The molecule has 130 valence electrons. The molecule has 0 unspecified atom stereocenters. The molecule has 3 rings (SSSR count). The molecule has 0 aliphatic rings. The van der Waals surface area contributed by atoms with E-state index in [4.69, 9.17) is 4.98 Å². The van der Waals surface area contributed by atoms with E-state index in [0.29, 0.717) is 11.5 Å². The van der Waals surface area contributed by atoms with Crippen LogP contribution >= 0.6 is 15.9 Å². The number of aryl methyl sites for hydroxylation is 1. The molecule has 2 nitrogen and oxygen atoms in total. The van der Waals surface area contributed by atoms with Crippen LogP contribution < -0.4 is 0 Å². The van der Waals surface area contributed by atoms with E-state index < -0.39 is 0 Å². The van der Waals surface area contributed by atoms with Gasteiger partial charge in [-0.3, -0.25) is 4.98 Å². The van der Waals surface area contributed by atoms with Crippen molar-refractivity contribution >= 4 is 15.9 Å². The number of nitrogens with zero attached hydrogens (tertiary/aromatic N) is 2. The van der Waals surface area contributed by atoms with Gasteiger partial charge in [0.05, 0.1) is 17.0 Å². The number of halogens is 1. The average Bonchev–Trinajstić information content (AvgIpc) is 2.61. The fourth-order valence-electron chi connectivity index (χ4n) is 3.01. The molecule has 0 spiro atoms. The van der Waals surface area contributed by atoms with Crippen LogP contribution in [-0.2, 0) is 6.42 Å². The number of hydrogen-bond acceptors (Lipinski definition) is 2. The molecular weight excluding hydrogens is 384 g/mol. The summed E-state index contributed by atoms with van der Waals surface area (Å²) < 4.78 is 1.02. The molecule has 3 heteroatoms. The van der Waals surface area contributed by atoms with Gasteiger partial charge < -0.3 is 0 Å². The Labute approximate surface area is 163 Å². The highest BCUT2D eigenvalue weighted by Crippen LogP contribution is 2.32. The normalized spacial score (nSPS) is 10.8. The van der Waals surface area contributed by atoms with Gasteiger partial charge in [0.1, 0.15) is 6.07 Å². The van der Waals surface area contributed by atoms with Crippen LogP contribution in [0.15, 0.2) is 59.1 Å². The maximum atomic E-state index is 9.84. The Kier molecular flexibility index (Phi) is 5.54. The van der Waals surface area contributed by atoms with Crippen LogP contribution in [0.25, 0.3) is 22.4 Å². The first-order valence-electron chi connectivity index (χ1n) is 8.75.